The standard InChI is InChI=1S/C11H11F2NO4S/c12-11(13)19(17,18)14-6-2-4-7-8(10(15)16)3-1-5-9(7)14/h1,3,5,11H,2,4,6H2,(H,15,16). The zero-order valence-corrected chi connectivity index (χ0v) is 10.5. The third-order valence-electron chi connectivity index (χ3n) is 2.97. The highest BCUT2D eigenvalue weighted by atomic mass is 32.2. The van der Waals surface area contributed by atoms with Crippen LogP contribution < -0.4 is 4.31 Å². The van der Waals surface area contributed by atoms with Gasteiger partial charge in [0.2, 0.25) is 0 Å². The Kier molecular flexibility index (Phi) is 3.44. The number of anilines is 1. The minimum atomic E-state index is -4.75. The van der Waals surface area contributed by atoms with Crippen LogP contribution in [0.3, 0.4) is 0 Å². The predicted molar refractivity (Wildman–Crippen MR) is 64.0 cm³/mol. The van der Waals surface area contributed by atoms with Crippen molar-refractivity contribution in [2.45, 2.75) is 18.6 Å². The van der Waals surface area contributed by atoms with Gasteiger partial charge in [-0.25, -0.2) is 13.2 Å². The molecule has 1 aromatic carbocycles. The first-order valence-electron chi connectivity index (χ1n) is 5.50. The van der Waals surface area contributed by atoms with E-state index in [1.165, 1.54) is 18.2 Å². The summed E-state index contributed by atoms with van der Waals surface area (Å²) in [6.45, 7) is -0.0667. The lowest BCUT2D eigenvalue weighted by molar-refractivity contribution is 0.0695. The van der Waals surface area contributed by atoms with Crippen LogP contribution in [-0.2, 0) is 16.4 Å². The molecule has 0 bridgehead atoms. The fourth-order valence-corrected chi connectivity index (χ4v) is 3.17. The SMILES string of the molecule is O=C(O)c1cccc2c1CCCN2S(=O)(=O)C(F)F. The fourth-order valence-electron chi connectivity index (χ4n) is 2.15. The molecule has 0 atom stereocenters. The monoisotopic (exact) mass is 291 g/mol. The molecule has 0 saturated carbocycles. The first kappa shape index (κ1) is 13.7. The average molecular weight is 291 g/mol. The summed E-state index contributed by atoms with van der Waals surface area (Å²) < 4.78 is 48.9. The highest BCUT2D eigenvalue weighted by Gasteiger charge is 2.35. The predicted octanol–water partition coefficient (Wildman–Crippen LogP) is 1.69. The van der Waals surface area contributed by atoms with Crippen LogP contribution in [0.2, 0.25) is 0 Å². The Morgan fingerprint density at radius 3 is 2.63 bits per heavy atom. The van der Waals surface area contributed by atoms with Gasteiger partial charge < -0.3 is 5.11 Å². The molecule has 1 N–H and O–H groups in total. The fraction of sp³-hybridized carbons (Fsp3) is 0.364. The van der Waals surface area contributed by atoms with Gasteiger partial charge in [-0.2, -0.15) is 8.78 Å². The largest absolute Gasteiger partial charge is 0.478 e. The van der Waals surface area contributed by atoms with Crippen molar-refractivity contribution >= 4 is 21.7 Å². The lowest BCUT2D eigenvalue weighted by atomic mass is 9.98. The summed E-state index contributed by atoms with van der Waals surface area (Å²) in [6, 6.07) is 4.03. The van der Waals surface area contributed by atoms with Gasteiger partial charge in [-0.1, -0.05) is 6.07 Å². The van der Waals surface area contributed by atoms with Crippen molar-refractivity contribution in [1.82, 2.24) is 0 Å². The van der Waals surface area contributed by atoms with Gasteiger partial charge in [0.15, 0.2) is 0 Å². The summed E-state index contributed by atoms with van der Waals surface area (Å²) in [6.07, 6.45) is 0.663. The van der Waals surface area contributed by atoms with Crippen molar-refractivity contribution in [3.63, 3.8) is 0 Å². The average Bonchev–Trinajstić information content (AvgIpc) is 2.36. The number of sulfonamides is 1. The van der Waals surface area contributed by atoms with E-state index in [2.05, 4.69) is 0 Å². The van der Waals surface area contributed by atoms with E-state index in [-0.39, 0.29) is 23.4 Å². The molecule has 104 valence electrons. The Labute approximate surface area is 108 Å². The maximum absolute atomic E-state index is 12.6. The molecule has 19 heavy (non-hydrogen) atoms. The Morgan fingerprint density at radius 1 is 1.37 bits per heavy atom. The number of carbonyl (C=O) groups is 1. The summed E-state index contributed by atoms with van der Waals surface area (Å²) in [5, 5.41) is 9.02. The first-order valence-corrected chi connectivity index (χ1v) is 7.01. The number of benzene rings is 1. The molecule has 1 aromatic rings. The maximum Gasteiger partial charge on any atom is 0.355 e. The topological polar surface area (TPSA) is 74.7 Å². The number of hydrogen-bond donors (Lipinski definition) is 1. The Balaban J connectivity index is 2.58. The second-order valence-corrected chi connectivity index (χ2v) is 5.92. The molecule has 0 radical (unpaired) electrons. The molecule has 8 heteroatoms. The van der Waals surface area contributed by atoms with Crippen LogP contribution in [0.4, 0.5) is 14.5 Å². The van der Waals surface area contributed by atoms with Gasteiger partial charge in [0, 0.05) is 6.54 Å². The number of halogens is 2. The van der Waals surface area contributed by atoms with E-state index in [9.17, 15) is 22.0 Å². The van der Waals surface area contributed by atoms with Gasteiger partial charge in [0.05, 0.1) is 11.3 Å². The third-order valence-corrected chi connectivity index (χ3v) is 4.41. The quantitative estimate of drug-likeness (QED) is 0.919. The normalized spacial score (nSPS) is 15.4. The molecule has 1 aliphatic heterocycles. The number of nitrogens with zero attached hydrogens (tertiary/aromatic N) is 1. The molecule has 0 spiro atoms. The van der Waals surface area contributed by atoms with Gasteiger partial charge in [-0.05, 0) is 30.5 Å². The van der Waals surface area contributed by atoms with E-state index in [1.807, 2.05) is 0 Å². The number of alkyl halides is 2. The van der Waals surface area contributed by atoms with Crippen LogP contribution in [-0.4, -0.2) is 31.8 Å². The third kappa shape index (κ3) is 2.27. The van der Waals surface area contributed by atoms with Crippen LogP contribution in [0.5, 0.6) is 0 Å². The molecule has 1 aliphatic rings. The van der Waals surface area contributed by atoms with E-state index in [0.29, 0.717) is 17.1 Å². The Morgan fingerprint density at radius 2 is 2.05 bits per heavy atom. The smallest absolute Gasteiger partial charge is 0.355 e. The lowest BCUT2D eigenvalue weighted by Gasteiger charge is -2.30. The number of carboxylic acids is 1. The van der Waals surface area contributed by atoms with Crippen molar-refractivity contribution in [2.75, 3.05) is 10.8 Å². The van der Waals surface area contributed by atoms with Gasteiger partial charge in [0.25, 0.3) is 10.0 Å². The van der Waals surface area contributed by atoms with Crippen molar-refractivity contribution in [2.24, 2.45) is 0 Å². The zero-order valence-electron chi connectivity index (χ0n) is 9.71. The zero-order chi connectivity index (χ0) is 14.2. The number of carboxylic acid groups (broad SMARTS) is 1. The van der Waals surface area contributed by atoms with E-state index in [4.69, 9.17) is 5.11 Å². The highest BCUT2D eigenvalue weighted by molar-refractivity contribution is 7.93. The molecule has 0 fully saturated rings. The number of hydrogen-bond acceptors (Lipinski definition) is 3. The number of aromatic carboxylic acids is 1. The summed E-state index contributed by atoms with van der Waals surface area (Å²) in [7, 11) is -4.75. The highest BCUT2D eigenvalue weighted by Crippen LogP contribution is 2.33. The van der Waals surface area contributed by atoms with E-state index in [0.717, 1.165) is 0 Å². The molecule has 1 heterocycles. The molecule has 0 amide bonds. The molecular formula is C11H11F2NO4S. The molecule has 0 unspecified atom stereocenters. The summed E-state index contributed by atoms with van der Waals surface area (Å²) >= 11 is 0. The summed E-state index contributed by atoms with van der Waals surface area (Å²) in [5.41, 5.74) is 0.267. The Hall–Kier alpha value is -1.70. The maximum atomic E-state index is 12.6. The summed E-state index contributed by atoms with van der Waals surface area (Å²) in [4.78, 5) is 11.0. The molecule has 0 aromatic heterocycles. The van der Waals surface area contributed by atoms with Gasteiger partial charge in [-0.15, -0.1) is 0 Å². The van der Waals surface area contributed by atoms with E-state index in [1.54, 1.807) is 0 Å². The minimum Gasteiger partial charge on any atom is -0.478 e. The van der Waals surface area contributed by atoms with Crippen LogP contribution >= 0.6 is 0 Å². The molecular weight excluding hydrogens is 280 g/mol. The van der Waals surface area contributed by atoms with Crippen molar-refractivity contribution in [3.8, 4) is 0 Å². The van der Waals surface area contributed by atoms with Gasteiger partial charge in [-0.3, -0.25) is 4.31 Å². The molecule has 5 nitrogen and oxygen atoms in total. The van der Waals surface area contributed by atoms with Crippen molar-refractivity contribution < 1.29 is 27.1 Å². The molecule has 0 aliphatic carbocycles. The minimum absolute atomic E-state index is 0.0338. The van der Waals surface area contributed by atoms with Gasteiger partial charge >= 0.3 is 11.7 Å². The number of fused-ring (bicyclic) bond motifs is 1. The second kappa shape index (κ2) is 4.76. The number of rotatable bonds is 3. The summed E-state index contributed by atoms with van der Waals surface area (Å²) in [5.74, 6) is -4.72. The van der Waals surface area contributed by atoms with E-state index < -0.39 is 21.8 Å². The van der Waals surface area contributed by atoms with Crippen LogP contribution in [0.25, 0.3) is 0 Å². The van der Waals surface area contributed by atoms with E-state index >= 15 is 0 Å². The first-order chi connectivity index (χ1) is 8.85. The Bertz CT molecular complexity index is 615. The van der Waals surface area contributed by atoms with Crippen molar-refractivity contribution in [3.05, 3.63) is 29.3 Å². The van der Waals surface area contributed by atoms with Crippen LogP contribution in [0.1, 0.15) is 22.3 Å². The second-order valence-electron chi connectivity index (χ2n) is 4.09. The van der Waals surface area contributed by atoms with Crippen LogP contribution in [0.15, 0.2) is 18.2 Å². The van der Waals surface area contributed by atoms with Gasteiger partial charge in [0.1, 0.15) is 0 Å². The lowest BCUT2D eigenvalue weighted by Crippen LogP contribution is -2.39. The molecule has 2 rings (SSSR count). The van der Waals surface area contributed by atoms with Crippen LogP contribution in [0, 0.1) is 0 Å². The van der Waals surface area contributed by atoms with Crippen molar-refractivity contribution in [1.29, 1.82) is 0 Å². The molecule has 0 saturated heterocycles.